The predicted molar refractivity (Wildman–Crippen MR) is 106 cm³/mol. The van der Waals surface area contributed by atoms with Crippen LogP contribution in [0.2, 0.25) is 0 Å². The summed E-state index contributed by atoms with van der Waals surface area (Å²) < 4.78 is 1.66. The van der Waals surface area contributed by atoms with E-state index in [1.165, 1.54) is 28.5 Å². The summed E-state index contributed by atoms with van der Waals surface area (Å²) in [6, 6.07) is 7.60. The Labute approximate surface area is 167 Å². The number of carbonyl (C=O) groups excluding carboxylic acids is 1. The standard InChI is InChI=1S/C17H18BrN3O3S2/c18-11-3-1-2-10(8-11)15(19)13-4-5-14(22)21(13)6-7-25-17-20-12(9-26-17)16(23)24/h1-3,8-9,13,15H,4-7,19H2,(H,23,24)/t13-,15?/m1/s1. The molecule has 0 saturated carbocycles. The van der Waals surface area contributed by atoms with Crippen molar-refractivity contribution >= 4 is 50.9 Å². The molecule has 6 nitrogen and oxygen atoms in total. The van der Waals surface area contributed by atoms with Crippen molar-refractivity contribution in [2.45, 2.75) is 29.3 Å². The lowest BCUT2D eigenvalue weighted by atomic mass is 9.98. The summed E-state index contributed by atoms with van der Waals surface area (Å²) in [5.41, 5.74) is 7.51. The van der Waals surface area contributed by atoms with Crippen LogP contribution in [-0.2, 0) is 4.79 Å². The maximum atomic E-state index is 12.3. The minimum atomic E-state index is -1.03. The minimum absolute atomic E-state index is 0.0247. The Morgan fingerprint density at radius 3 is 3.04 bits per heavy atom. The number of benzene rings is 1. The van der Waals surface area contributed by atoms with Gasteiger partial charge in [0, 0.05) is 28.6 Å². The maximum Gasteiger partial charge on any atom is 0.355 e. The molecule has 1 amide bonds. The number of carboxylic acids is 1. The number of thioether (sulfide) groups is 1. The van der Waals surface area contributed by atoms with E-state index in [4.69, 9.17) is 10.8 Å². The van der Waals surface area contributed by atoms with Crippen LogP contribution in [0.5, 0.6) is 0 Å². The third-order valence-corrected chi connectivity index (χ3v) is 6.78. The zero-order chi connectivity index (χ0) is 18.7. The number of nitrogens with two attached hydrogens (primary N) is 1. The van der Waals surface area contributed by atoms with Gasteiger partial charge in [0.05, 0.1) is 12.1 Å². The number of hydrogen-bond acceptors (Lipinski definition) is 6. The van der Waals surface area contributed by atoms with Gasteiger partial charge in [-0.15, -0.1) is 11.3 Å². The van der Waals surface area contributed by atoms with Gasteiger partial charge in [-0.3, -0.25) is 4.79 Å². The van der Waals surface area contributed by atoms with Gasteiger partial charge in [-0.1, -0.05) is 39.8 Å². The topological polar surface area (TPSA) is 96.5 Å². The molecule has 1 aromatic carbocycles. The van der Waals surface area contributed by atoms with Crippen LogP contribution >= 0.6 is 39.0 Å². The highest BCUT2D eigenvalue weighted by atomic mass is 79.9. The molecule has 1 saturated heterocycles. The van der Waals surface area contributed by atoms with Gasteiger partial charge in [0.1, 0.15) is 0 Å². The highest BCUT2D eigenvalue weighted by Crippen LogP contribution is 2.31. The summed E-state index contributed by atoms with van der Waals surface area (Å²) >= 11 is 6.22. The van der Waals surface area contributed by atoms with Gasteiger partial charge in [0.2, 0.25) is 5.91 Å². The van der Waals surface area contributed by atoms with E-state index in [0.29, 0.717) is 23.1 Å². The molecule has 2 heterocycles. The molecule has 1 aromatic heterocycles. The second kappa shape index (κ2) is 8.51. The first-order chi connectivity index (χ1) is 12.5. The number of nitrogens with zero attached hydrogens (tertiary/aromatic N) is 2. The van der Waals surface area contributed by atoms with Gasteiger partial charge in [-0.25, -0.2) is 9.78 Å². The number of rotatable bonds is 7. The van der Waals surface area contributed by atoms with Gasteiger partial charge >= 0.3 is 5.97 Å². The Morgan fingerprint density at radius 1 is 1.54 bits per heavy atom. The Balaban J connectivity index is 1.61. The van der Waals surface area contributed by atoms with Crippen LogP contribution in [0, 0.1) is 0 Å². The lowest BCUT2D eigenvalue weighted by molar-refractivity contribution is -0.128. The van der Waals surface area contributed by atoms with E-state index in [-0.39, 0.29) is 23.7 Å². The molecule has 26 heavy (non-hydrogen) atoms. The van der Waals surface area contributed by atoms with Gasteiger partial charge < -0.3 is 15.7 Å². The molecule has 0 spiro atoms. The summed E-state index contributed by atoms with van der Waals surface area (Å²) in [7, 11) is 0. The van der Waals surface area contributed by atoms with Crippen LogP contribution in [0.3, 0.4) is 0 Å². The van der Waals surface area contributed by atoms with Crippen molar-refractivity contribution in [1.82, 2.24) is 9.88 Å². The number of amides is 1. The first kappa shape index (κ1) is 19.3. The molecule has 1 unspecified atom stereocenters. The number of halogens is 1. The maximum absolute atomic E-state index is 12.3. The molecular formula is C17H18BrN3O3S2. The zero-order valence-corrected chi connectivity index (χ0v) is 17.0. The monoisotopic (exact) mass is 455 g/mol. The summed E-state index contributed by atoms with van der Waals surface area (Å²) in [6.45, 7) is 0.567. The fourth-order valence-corrected chi connectivity index (χ4v) is 5.23. The van der Waals surface area contributed by atoms with E-state index in [2.05, 4.69) is 20.9 Å². The zero-order valence-electron chi connectivity index (χ0n) is 13.8. The molecule has 3 N–H and O–H groups in total. The SMILES string of the molecule is NC(c1cccc(Br)c1)[C@H]1CCC(=O)N1CCSc1nc(C(=O)O)cs1. The van der Waals surface area contributed by atoms with Crippen molar-refractivity contribution in [3.63, 3.8) is 0 Å². The third-order valence-electron chi connectivity index (χ3n) is 4.28. The normalized spacial score (nSPS) is 18.3. The van der Waals surface area contributed by atoms with Crippen molar-refractivity contribution in [2.75, 3.05) is 12.3 Å². The summed E-state index contributed by atoms with van der Waals surface area (Å²) in [5.74, 6) is -0.255. The average Bonchev–Trinajstić information content (AvgIpc) is 3.22. The Kier molecular flexibility index (Phi) is 6.33. The molecule has 0 radical (unpaired) electrons. The highest BCUT2D eigenvalue weighted by Gasteiger charge is 2.35. The van der Waals surface area contributed by atoms with Crippen LogP contribution in [0.25, 0.3) is 0 Å². The van der Waals surface area contributed by atoms with E-state index in [1.807, 2.05) is 29.2 Å². The minimum Gasteiger partial charge on any atom is -0.476 e. The molecule has 1 fully saturated rings. The van der Waals surface area contributed by atoms with E-state index in [0.717, 1.165) is 16.5 Å². The van der Waals surface area contributed by atoms with Gasteiger partial charge in [0.25, 0.3) is 0 Å². The molecule has 138 valence electrons. The van der Waals surface area contributed by atoms with E-state index in [1.54, 1.807) is 0 Å². The Morgan fingerprint density at radius 2 is 2.35 bits per heavy atom. The van der Waals surface area contributed by atoms with Crippen LogP contribution in [0.1, 0.15) is 34.9 Å². The van der Waals surface area contributed by atoms with E-state index < -0.39 is 5.97 Å². The van der Waals surface area contributed by atoms with Crippen LogP contribution in [0.15, 0.2) is 38.5 Å². The molecule has 9 heteroatoms. The largest absolute Gasteiger partial charge is 0.476 e. The highest BCUT2D eigenvalue weighted by molar-refractivity contribution is 9.10. The fourth-order valence-electron chi connectivity index (χ4n) is 3.01. The lowest BCUT2D eigenvalue weighted by Gasteiger charge is -2.29. The second-order valence-corrected chi connectivity index (χ2v) is 9.04. The predicted octanol–water partition coefficient (Wildman–Crippen LogP) is 3.39. The molecule has 2 atom stereocenters. The Hall–Kier alpha value is -1.42. The quantitative estimate of drug-likeness (QED) is 0.621. The second-order valence-electron chi connectivity index (χ2n) is 5.93. The Bertz CT molecular complexity index is 814. The van der Waals surface area contributed by atoms with Gasteiger partial charge in [0.15, 0.2) is 10.0 Å². The number of aromatic nitrogens is 1. The van der Waals surface area contributed by atoms with Crippen molar-refractivity contribution in [3.05, 3.63) is 45.4 Å². The first-order valence-electron chi connectivity index (χ1n) is 8.08. The fraction of sp³-hybridized carbons (Fsp3) is 0.353. The van der Waals surface area contributed by atoms with E-state index in [9.17, 15) is 9.59 Å². The molecule has 1 aliphatic heterocycles. The third kappa shape index (κ3) is 4.46. The van der Waals surface area contributed by atoms with Crippen molar-refractivity contribution in [1.29, 1.82) is 0 Å². The number of aromatic carboxylic acids is 1. The number of likely N-dealkylation sites (tertiary alicyclic amines) is 1. The van der Waals surface area contributed by atoms with E-state index >= 15 is 0 Å². The molecule has 1 aliphatic rings. The summed E-state index contributed by atoms with van der Waals surface area (Å²) in [4.78, 5) is 29.1. The number of thiazole rings is 1. The van der Waals surface area contributed by atoms with Crippen LogP contribution < -0.4 is 5.73 Å². The van der Waals surface area contributed by atoms with Crippen molar-refractivity contribution in [3.8, 4) is 0 Å². The first-order valence-corrected chi connectivity index (χ1v) is 10.7. The van der Waals surface area contributed by atoms with Crippen LogP contribution in [-0.4, -0.2) is 45.2 Å². The number of hydrogen-bond donors (Lipinski definition) is 2. The molecule has 0 bridgehead atoms. The summed E-state index contributed by atoms with van der Waals surface area (Å²) in [5, 5.41) is 10.4. The van der Waals surface area contributed by atoms with Gasteiger partial charge in [-0.2, -0.15) is 0 Å². The molecule has 3 rings (SSSR count). The lowest BCUT2D eigenvalue weighted by Crippen LogP contribution is -2.41. The smallest absolute Gasteiger partial charge is 0.355 e. The number of carbonyl (C=O) groups is 2. The molecule has 0 aliphatic carbocycles. The molecular weight excluding hydrogens is 438 g/mol. The average molecular weight is 456 g/mol. The van der Waals surface area contributed by atoms with Crippen LogP contribution in [0.4, 0.5) is 0 Å². The summed E-state index contributed by atoms with van der Waals surface area (Å²) in [6.07, 6.45) is 1.26. The van der Waals surface area contributed by atoms with Crippen molar-refractivity contribution in [2.24, 2.45) is 5.73 Å². The van der Waals surface area contributed by atoms with Gasteiger partial charge in [-0.05, 0) is 24.1 Å². The number of carboxylic acid groups (broad SMARTS) is 1. The van der Waals surface area contributed by atoms with Crippen molar-refractivity contribution < 1.29 is 14.7 Å². The molecule has 2 aromatic rings.